The van der Waals surface area contributed by atoms with Crippen molar-refractivity contribution in [1.29, 1.82) is 5.41 Å². The minimum atomic E-state index is -0.279. The Morgan fingerprint density at radius 1 is 1.24 bits per heavy atom. The van der Waals surface area contributed by atoms with Crippen molar-refractivity contribution in [3.8, 4) is 0 Å². The van der Waals surface area contributed by atoms with Crippen LogP contribution in [0, 0.1) is 5.41 Å². The average Bonchev–Trinajstić information content (AvgIpc) is 2.47. The second-order valence-corrected chi connectivity index (χ2v) is 5.09. The highest BCUT2D eigenvalue weighted by Crippen LogP contribution is 2.14. The lowest BCUT2D eigenvalue weighted by Crippen LogP contribution is -2.50. The van der Waals surface area contributed by atoms with Gasteiger partial charge in [-0.2, -0.15) is 0 Å². The summed E-state index contributed by atoms with van der Waals surface area (Å²) < 4.78 is 0. The maximum absolute atomic E-state index is 11.6. The average molecular weight is 289 g/mol. The molecule has 0 aliphatic carbocycles. The number of hydrogen-bond donors (Lipinski definition) is 2. The van der Waals surface area contributed by atoms with E-state index in [2.05, 4.69) is 9.88 Å². The number of aliphatic hydroxyl groups excluding tert-OH is 1. The summed E-state index contributed by atoms with van der Waals surface area (Å²) in [5.74, 6) is 0.786. The van der Waals surface area contributed by atoms with Crippen molar-refractivity contribution >= 4 is 17.4 Å². The van der Waals surface area contributed by atoms with E-state index in [1.165, 1.54) is 13.8 Å². The Morgan fingerprint density at radius 2 is 1.90 bits per heavy atom. The summed E-state index contributed by atoms with van der Waals surface area (Å²) in [6, 6.07) is 5.93. The van der Waals surface area contributed by atoms with Crippen molar-refractivity contribution in [1.82, 2.24) is 4.90 Å². The van der Waals surface area contributed by atoms with Gasteiger partial charge in [-0.05, 0) is 19.9 Å². The van der Waals surface area contributed by atoms with Crippen LogP contribution in [0.15, 0.2) is 35.7 Å². The molecule has 2 rings (SSSR count). The van der Waals surface area contributed by atoms with Crippen LogP contribution in [0.4, 0.5) is 5.82 Å². The lowest BCUT2D eigenvalue weighted by Gasteiger charge is -2.33. The molecule has 1 saturated heterocycles. The molecule has 0 saturated carbocycles. The maximum atomic E-state index is 11.6. The van der Waals surface area contributed by atoms with Crippen LogP contribution in [0.5, 0.6) is 0 Å². The summed E-state index contributed by atoms with van der Waals surface area (Å²) in [5.41, 5.74) is 0.106. The van der Waals surface area contributed by atoms with Crippen LogP contribution >= 0.6 is 0 Å². The van der Waals surface area contributed by atoms with Gasteiger partial charge in [0, 0.05) is 6.07 Å². The zero-order chi connectivity index (χ0) is 15.4. The molecule has 0 unspecified atom stereocenters. The van der Waals surface area contributed by atoms with E-state index in [0.29, 0.717) is 13.1 Å². The highest BCUT2D eigenvalue weighted by molar-refractivity contribution is 6.19. The Labute approximate surface area is 124 Å². The second kappa shape index (κ2) is 6.39. The number of ketones is 1. The number of rotatable bonds is 3. The van der Waals surface area contributed by atoms with Crippen molar-refractivity contribution < 1.29 is 14.9 Å². The molecule has 3 N–H and O–H groups in total. The number of nitrogens with one attached hydrogen (secondary N) is 2. The third-order valence-electron chi connectivity index (χ3n) is 3.58. The molecule has 112 valence electrons. The van der Waals surface area contributed by atoms with Crippen LogP contribution in [0.3, 0.4) is 0 Å². The summed E-state index contributed by atoms with van der Waals surface area (Å²) in [5, 5.41) is 17.7. The van der Waals surface area contributed by atoms with E-state index >= 15 is 0 Å². The van der Waals surface area contributed by atoms with Crippen molar-refractivity contribution in [2.45, 2.75) is 13.8 Å². The van der Waals surface area contributed by atoms with Gasteiger partial charge in [0.1, 0.15) is 24.7 Å². The quantitative estimate of drug-likeness (QED) is 0.377. The van der Waals surface area contributed by atoms with Gasteiger partial charge in [-0.25, -0.2) is 4.98 Å². The van der Waals surface area contributed by atoms with Gasteiger partial charge in [0.2, 0.25) is 0 Å². The molecule has 0 atom stereocenters. The summed E-state index contributed by atoms with van der Waals surface area (Å²) in [7, 11) is 0. The summed E-state index contributed by atoms with van der Waals surface area (Å²) >= 11 is 0. The van der Waals surface area contributed by atoms with E-state index in [-0.39, 0.29) is 23.0 Å². The Hall–Kier alpha value is -2.37. The molecular formula is C15H21N4O2+. The number of amidine groups is 1. The minimum Gasteiger partial charge on any atom is -0.512 e. The molecule has 1 fully saturated rings. The van der Waals surface area contributed by atoms with E-state index in [1.54, 1.807) is 0 Å². The van der Waals surface area contributed by atoms with Crippen molar-refractivity contribution in [2.75, 3.05) is 31.1 Å². The lowest BCUT2D eigenvalue weighted by molar-refractivity contribution is -0.364. The molecule has 1 aromatic rings. The predicted molar refractivity (Wildman–Crippen MR) is 80.5 cm³/mol. The highest BCUT2D eigenvalue weighted by atomic mass is 16.3. The molecule has 0 spiro atoms. The number of anilines is 1. The van der Waals surface area contributed by atoms with Gasteiger partial charge in [-0.3, -0.25) is 15.1 Å². The van der Waals surface area contributed by atoms with E-state index in [1.807, 2.05) is 29.3 Å². The molecule has 6 heteroatoms. The zero-order valence-electron chi connectivity index (χ0n) is 12.4. The number of pyridine rings is 1. The van der Waals surface area contributed by atoms with E-state index in [9.17, 15) is 9.90 Å². The van der Waals surface area contributed by atoms with Crippen LogP contribution in [0.25, 0.3) is 0 Å². The summed E-state index contributed by atoms with van der Waals surface area (Å²) in [4.78, 5) is 18.8. The number of Topliss-reactive ketones (excluding diaryl/α,β-unsaturated/α-hetero) is 1. The van der Waals surface area contributed by atoms with Crippen molar-refractivity contribution in [2.24, 2.45) is 0 Å². The van der Waals surface area contributed by atoms with Crippen LogP contribution in [0.1, 0.15) is 13.8 Å². The largest absolute Gasteiger partial charge is 0.512 e. The lowest BCUT2D eigenvalue weighted by atomic mass is 10.1. The van der Waals surface area contributed by atoms with Gasteiger partial charge >= 0.3 is 0 Å². The standard InChI is InChI=1S/C15H20N4O2/c1-11(20)14(12(2)21)15(16)19-9-7-18(8-10-19)13-5-3-4-6-17-13/h3-6,16,20H,7-10H2,1-2H3/p+1/b14-11-,16-15?. The molecule has 0 bridgehead atoms. The minimum absolute atomic E-state index is 0.0914. The smallest absolute Gasteiger partial charge is 0.274 e. The number of allylic oxidation sites excluding steroid dienone is 1. The van der Waals surface area contributed by atoms with Gasteiger partial charge in [-0.1, -0.05) is 6.07 Å². The fourth-order valence-electron chi connectivity index (χ4n) is 2.50. The zero-order valence-corrected chi connectivity index (χ0v) is 12.4. The maximum Gasteiger partial charge on any atom is 0.274 e. The molecule has 6 nitrogen and oxygen atoms in total. The number of aliphatic hydroxyl groups is 1. The number of nitrogens with zero attached hydrogens (tertiary/aromatic N) is 2. The third kappa shape index (κ3) is 3.39. The molecule has 1 aromatic heterocycles. The molecule has 1 aliphatic heterocycles. The fourth-order valence-corrected chi connectivity index (χ4v) is 2.50. The van der Waals surface area contributed by atoms with Gasteiger partial charge in [0.15, 0.2) is 5.78 Å². The summed E-state index contributed by atoms with van der Waals surface area (Å²) in [6.45, 7) is 5.63. The first-order valence-electron chi connectivity index (χ1n) is 6.97. The number of piperazine rings is 1. The number of aromatic amines is 1. The van der Waals surface area contributed by atoms with Crippen LogP contribution in [-0.4, -0.2) is 47.8 Å². The fraction of sp³-hybridized carbons (Fsp3) is 0.400. The van der Waals surface area contributed by atoms with Crippen molar-refractivity contribution in [3.63, 3.8) is 0 Å². The van der Waals surface area contributed by atoms with Crippen LogP contribution in [0.2, 0.25) is 0 Å². The topological polar surface area (TPSA) is 81.8 Å². The normalized spacial score (nSPS) is 16.5. The molecule has 21 heavy (non-hydrogen) atoms. The molecule has 0 aromatic carbocycles. The highest BCUT2D eigenvalue weighted by Gasteiger charge is 2.27. The Balaban J connectivity index is 2.03. The van der Waals surface area contributed by atoms with Crippen LogP contribution in [-0.2, 0) is 4.79 Å². The van der Waals surface area contributed by atoms with Gasteiger partial charge in [0.25, 0.3) is 5.82 Å². The summed E-state index contributed by atoms with van der Waals surface area (Å²) in [6.07, 6.45) is 1.88. The van der Waals surface area contributed by atoms with E-state index < -0.39 is 0 Å². The van der Waals surface area contributed by atoms with Gasteiger partial charge in [0.05, 0.1) is 24.9 Å². The van der Waals surface area contributed by atoms with Gasteiger partial charge in [-0.15, -0.1) is 0 Å². The monoisotopic (exact) mass is 289 g/mol. The number of carbonyl (C=O) groups is 1. The SMILES string of the molecule is CC(=O)/C(C(=N)N1CCN(c2cccc[nH+]2)CC1)=C(\C)O. The molecule has 1 aliphatic rings. The number of H-pyrrole nitrogens is 1. The molecule has 0 radical (unpaired) electrons. The van der Waals surface area contributed by atoms with E-state index in [0.717, 1.165) is 18.9 Å². The molecular weight excluding hydrogens is 268 g/mol. The number of carbonyl (C=O) groups excluding carboxylic acids is 1. The Morgan fingerprint density at radius 3 is 2.38 bits per heavy atom. The Bertz CT molecular complexity index is 556. The number of hydrogen-bond acceptors (Lipinski definition) is 4. The Kier molecular flexibility index (Phi) is 4.57. The van der Waals surface area contributed by atoms with Crippen molar-refractivity contribution in [3.05, 3.63) is 35.7 Å². The molecule has 0 amide bonds. The number of aromatic nitrogens is 1. The first-order chi connectivity index (χ1) is 10.0. The first kappa shape index (κ1) is 15.0. The first-order valence-corrected chi connectivity index (χ1v) is 6.97. The van der Waals surface area contributed by atoms with Gasteiger partial charge < -0.3 is 10.0 Å². The van der Waals surface area contributed by atoms with Crippen LogP contribution < -0.4 is 9.88 Å². The second-order valence-electron chi connectivity index (χ2n) is 5.09. The third-order valence-corrected chi connectivity index (χ3v) is 3.58. The van der Waals surface area contributed by atoms with E-state index in [4.69, 9.17) is 5.41 Å². The predicted octanol–water partition coefficient (Wildman–Crippen LogP) is 1.02. The molecule has 2 heterocycles.